The molecule has 3 rings (SSSR count). The first kappa shape index (κ1) is 14.7. The predicted molar refractivity (Wildman–Crippen MR) is 81.4 cm³/mol. The topological polar surface area (TPSA) is 60.9 Å². The third kappa shape index (κ3) is 3.25. The third-order valence-electron chi connectivity index (χ3n) is 2.73. The van der Waals surface area contributed by atoms with Crippen molar-refractivity contribution in [2.75, 3.05) is 0 Å². The second kappa shape index (κ2) is 6.65. The molecule has 0 saturated carbocycles. The fourth-order valence-electron chi connectivity index (χ4n) is 1.83. The Hall–Kier alpha value is -2.69. The molecule has 0 aliphatic heterocycles. The van der Waals surface area contributed by atoms with Gasteiger partial charge in [-0.15, -0.1) is 0 Å². The van der Waals surface area contributed by atoms with Gasteiger partial charge < -0.3 is 4.42 Å². The van der Waals surface area contributed by atoms with Crippen molar-refractivity contribution in [1.82, 2.24) is 14.5 Å². The minimum atomic E-state index is -0.102. The smallest absolute Gasteiger partial charge is 0.255 e. The molecule has 5 heteroatoms. The van der Waals surface area contributed by atoms with Crippen LogP contribution in [0, 0.1) is 6.92 Å². The molecular weight excluding hydrogens is 266 g/mol. The second-order valence-electron chi connectivity index (χ2n) is 4.08. The third-order valence-corrected chi connectivity index (χ3v) is 2.73. The molecule has 0 spiro atoms. The molecule has 3 aromatic rings. The van der Waals surface area contributed by atoms with E-state index in [1.165, 1.54) is 10.6 Å². The number of nitrogens with zero attached hydrogens (tertiary/aromatic N) is 3. The van der Waals surface area contributed by atoms with Crippen molar-refractivity contribution in [2.45, 2.75) is 20.8 Å². The Morgan fingerprint density at radius 1 is 1.14 bits per heavy atom. The maximum Gasteiger partial charge on any atom is 0.255 e. The standard InChI is InChI=1S/C14H11N3O2.C2H6/c1-10-16-9-13(19-10)11-6-12(8-15-7-11)17-5-3-2-4-14(17)18;1-2/h2-9H,1H3;1-2H3. The molecule has 21 heavy (non-hydrogen) atoms. The fraction of sp³-hybridized carbons (Fsp3) is 0.188. The van der Waals surface area contributed by atoms with Crippen molar-refractivity contribution in [2.24, 2.45) is 0 Å². The molecule has 0 amide bonds. The summed E-state index contributed by atoms with van der Waals surface area (Å²) in [4.78, 5) is 20.0. The Balaban J connectivity index is 0.000000774. The van der Waals surface area contributed by atoms with Crippen LogP contribution in [0.15, 0.2) is 58.3 Å². The lowest BCUT2D eigenvalue weighted by atomic mass is 10.2. The van der Waals surface area contributed by atoms with Gasteiger partial charge in [-0.25, -0.2) is 4.98 Å². The van der Waals surface area contributed by atoms with Crippen LogP contribution in [0.5, 0.6) is 0 Å². The number of aromatic nitrogens is 3. The highest BCUT2D eigenvalue weighted by Crippen LogP contribution is 2.21. The van der Waals surface area contributed by atoms with Crippen LogP contribution in [0.1, 0.15) is 19.7 Å². The summed E-state index contributed by atoms with van der Waals surface area (Å²) in [7, 11) is 0. The summed E-state index contributed by atoms with van der Waals surface area (Å²) in [6.45, 7) is 5.78. The molecule has 0 radical (unpaired) electrons. The Morgan fingerprint density at radius 2 is 1.95 bits per heavy atom. The zero-order chi connectivity index (χ0) is 15.2. The normalized spacial score (nSPS) is 9.86. The molecule has 0 unspecified atom stereocenters. The van der Waals surface area contributed by atoms with E-state index < -0.39 is 0 Å². The van der Waals surface area contributed by atoms with Gasteiger partial charge in [0, 0.05) is 30.9 Å². The Morgan fingerprint density at radius 3 is 2.62 bits per heavy atom. The van der Waals surface area contributed by atoms with Crippen molar-refractivity contribution in [3.63, 3.8) is 0 Å². The largest absolute Gasteiger partial charge is 0.441 e. The molecule has 0 aromatic carbocycles. The van der Waals surface area contributed by atoms with E-state index in [4.69, 9.17) is 4.42 Å². The van der Waals surface area contributed by atoms with Crippen molar-refractivity contribution in [1.29, 1.82) is 0 Å². The van der Waals surface area contributed by atoms with Crippen molar-refractivity contribution < 1.29 is 4.42 Å². The van der Waals surface area contributed by atoms with Gasteiger partial charge >= 0.3 is 0 Å². The lowest BCUT2D eigenvalue weighted by Gasteiger charge is -2.05. The Kier molecular flexibility index (Phi) is 4.66. The lowest BCUT2D eigenvalue weighted by molar-refractivity contribution is 0.534. The minimum absolute atomic E-state index is 0.102. The first-order chi connectivity index (χ1) is 10.2. The lowest BCUT2D eigenvalue weighted by Crippen LogP contribution is -2.15. The van der Waals surface area contributed by atoms with Gasteiger partial charge in [0.25, 0.3) is 5.56 Å². The van der Waals surface area contributed by atoms with Gasteiger partial charge in [-0.2, -0.15) is 0 Å². The maximum atomic E-state index is 11.8. The Bertz CT molecular complexity index is 775. The average Bonchev–Trinajstić information content (AvgIpc) is 2.97. The summed E-state index contributed by atoms with van der Waals surface area (Å²) in [6.07, 6.45) is 6.66. The molecule has 0 saturated heterocycles. The van der Waals surface area contributed by atoms with Gasteiger partial charge in [-0.1, -0.05) is 19.9 Å². The van der Waals surface area contributed by atoms with Gasteiger partial charge in [0.15, 0.2) is 11.7 Å². The Labute approximate surface area is 122 Å². The van der Waals surface area contributed by atoms with Gasteiger partial charge in [0.05, 0.1) is 18.1 Å². The van der Waals surface area contributed by atoms with Crippen LogP contribution < -0.4 is 5.56 Å². The van der Waals surface area contributed by atoms with Gasteiger partial charge in [0.2, 0.25) is 0 Å². The molecule has 0 atom stereocenters. The highest BCUT2D eigenvalue weighted by Gasteiger charge is 2.06. The van der Waals surface area contributed by atoms with E-state index in [9.17, 15) is 4.79 Å². The quantitative estimate of drug-likeness (QED) is 0.724. The van der Waals surface area contributed by atoms with Crippen LogP contribution in [0.3, 0.4) is 0 Å². The molecule has 3 heterocycles. The second-order valence-corrected chi connectivity index (χ2v) is 4.08. The van der Waals surface area contributed by atoms with E-state index >= 15 is 0 Å². The first-order valence-corrected chi connectivity index (χ1v) is 6.80. The fourth-order valence-corrected chi connectivity index (χ4v) is 1.83. The molecule has 0 bridgehead atoms. The molecule has 0 N–H and O–H groups in total. The van der Waals surface area contributed by atoms with Crippen molar-refractivity contribution >= 4 is 0 Å². The van der Waals surface area contributed by atoms with E-state index in [0.717, 1.165) is 5.56 Å². The van der Waals surface area contributed by atoms with Gasteiger partial charge in [0.1, 0.15) is 0 Å². The van der Waals surface area contributed by atoms with E-state index in [1.807, 2.05) is 19.9 Å². The van der Waals surface area contributed by atoms with Crippen molar-refractivity contribution in [3.05, 3.63) is 65.3 Å². The van der Waals surface area contributed by atoms with Gasteiger partial charge in [-0.3, -0.25) is 14.3 Å². The predicted octanol–water partition coefficient (Wildman–Crippen LogP) is 3.22. The number of rotatable bonds is 2. The van der Waals surface area contributed by atoms with E-state index in [2.05, 4.69) is 9.97 Å². The van der Waals surface area contributed by atoms with Crippen LogP contribution in [0.25, 0.3) is 17.0 Å². The first-order valence-electron chi connectivity index (χ1n) is 6.80. The summed E-state index contributed by atoms with van der Waals surface area (Å²) in [5.41, 5.74) is 1.38. The highest BCUT2D eigenvalue weighted by atomic mass is 16.4. The van der Waals surface area contributed by atoms with Crippen LogP contribution in [0.2, 0.25) is 0 Å². The number of aryl methyl sites for hydroxylation is 1. The zero-order valence-electron chi connectivity index (χ0n) is 12.3. The van der Waals surface area contributed by atoms with Gasteiger partial charge in [-0.05, 0) is 12.1 Å². The van der Waals surface area contributed by atoms with E-state index in [0.29, 0.717) is 17.3 Å². The number of hydrogen-bond donors (Lipinski definition) is 0. The molecular formula is C16H17N3O2. The summed E-state index contributed by atoms with van der Waals surface area (Å²) < 4.78 is 6.98. The van der Waals surface area contributed by atoms with Crippen LogP contribution in [0.4, 0.5) is 0 Å². The summed E-state index contributed by atoms with van der Waals surface area (Å²) in [5.74, 6) is 1.23. The summed E-state index contributed by atoms with van der Waals surface area (Å²) in [6, 6.07) is 6.85. The molecule has 108 valence electrons. The van der Waals surface area contributed by atoms with E-state index in [-0.39, 0.29) is 5.56 Å². The van der Waals surface area contributed by atoms with Crippen LogP contribution in [-0.2, 0) is 0 Å². The van der Waals surface area contributed by atoms with Crippen LogP contribution >= 0.6 is 0 Å². The average molecular weight is 283 g/mol. The molecule has 0 aliphatic carbocycles. The van der Waals surface area contributed by atoms with E-state index in [1.54, 1.807) is 43.8 Å². The minimum Gasteiger partial charge on any atom is -0.441 e. The number of oxazole rings is 1. The monoisotopic (exact) mass is 283 g/mol. The van der Waals surface area contributed by atoms with Crippen molar-refractivity contribution in [3.8, 4) is 17.0 Å². The SMILES string of the molecule is CC.Cc1ncc(-c2cncc(-n3ccccc3=O)c2)o1. The molecule has 5 nitrogen and oxygen atoms in total. The summed E-state index contributed by atoms with van der Waals surface area (Å²) >= 11 is 0. The maximum absolute atomic E-state index is 11.8. The number of hydrogen-bond acceptors (Lipinski definition) is 4. The van der Waals surface area contributed by atoms with Crippen LogP contribution in [-0.4, -0.2) is 14.5 Å². The number of pyridine rings is 2. The molecule has 3 aromatic heterocycles. The molecule has 0 aliphatic rings. The highest BCUT2D eigenvalue weighted by molar-refractivity contribution is 5.58. The molecule has 0 fully saturated rings. The zero-order valence-corrected chi connectivity index (χ0v) is 12.3. The summed E-state index contributed by atoms with van der Waals surface area (Å²) in [5, 5.41) is 0.